The van der Waals surface area contributed by atoms with E-state index in [1.54, 1.807) is 0 Å². The monoisotopic (exact) mass is 173 g/mol. The summed E-state index contributed by atoms with van der Waals surface area (Å²) in [7, 11) is 2.20. The molecule has 0 saturated carbocycles. The topological polar surface area (TPSA) is 23.5 Å². The summed E-state index contributed by atoms with van der Waals surface area (Å²) in [6, 6.07) is 1.28. The Balaban J connectivity index is 2.07. The lowest BCUT2D eigenvalue weighted by Gasteiger charge is -2.45. The van der Waals surface area contributed by atoms with Crippen LogP contribution in [-0.2, 0) is 0 Å². The van der Waals surface area contributed by atoms with Crippen LogP contribution in [0.4, 0.5) is 0 Å². The maximum Gasteiger partial charge on any atom is 0.0570 e. The molecule has 2 aliphatic heterocycles. The molecule has 0 unspecified atom stereocenters. The summed E-state index contributed by atoms with van der Waals surface area (Å²) in [5.41, 5.74) is 0. The van der Waals surface area contributed by atoms with Crippen LogP contribution in [0, 0.1) is 0 Å². The summed E-state index contributed by atoms with van der Waals surface area (Å²) in [5.74, 6) is 2.42. The van der Waals surface area contributed by atoms with Gasteiger partial charge in [0.1, 0.15) is 0 Å². The van der Waals surface area contributed by atoms with Gasteiger partial charge >= 0.3 is 0 Å². The van der Waals surface area contributed by atoms with Crippen LogP contribution in [0.15, 0.2) is 0 Å². The summed E-state index contributed by atoms with van der Waals surface area (Å²) >= 11 is 2.04. The van der Waals surface area contributed by atoms with Crippen LogP contribution >= 0.6 is 11.8 Å². The summed E-state index contributed by atoms with van der Waals surface area (Å²) in [5, 5.41) is 9.50. The van der Waals surface area contributed by atoms with Crippen LogP contribution in [0.25, 0.3) is 0 Å². The summed E-state index contributed by atoms with van der Waals surface area (Å²) in [4.78, 5) is 2.45. The number of rotatable bonds is 0. The molecule has 2 heterocycles. The molecule has 0 aromatic heterocycles. The fraction of sp³-hybridized carbons (Fsp3) is 1.00. The van der Waals surface area contributed by atoms with Gasteiger partial charge in [0.2, 0.25) is 0 Å². The van der Waals surface area contributed by atoms with Crippen molar-refractivity contribution in [1.29, 1.82) is 0 Å². The molecule has 64 valence electrons. The van der Waals surface area contributed by atoms with Crippen molar-refractivity contribution in [1.82, 2.24) is 4.90 Å². The van der Waals surface area contributed by atoms with Crippen LogP contribution in [0.1, 0.15) is 12.8 Å². The minimum absolute atomic E-state index is 0.0258. The van der Waals surface area contributed by atoms with E-state index in [2.05, 4.69) is 11.9 Å². The van der Waals surface area contributed by atoms with Crippen LogP contribution < -0.4 is 0 Å². The Labute approximate surface area is 72.0 Å². The molecule has 1 N–H and O–H groups in total. The van der Waals surface area contributed by atoms with E-state index in [1.165, 1.54) is 11.5 Å². The standard InChI is InChI=1S/C8H15NOS/c1-9-6-2-8(10)3-7(9)5-11-4-6/h6-8,10H,2-5H2,1H3/t6-,7-/m0/s1. The van der Waals surface area contributed by atoms with Crippen LogP contribution in [0.5, 0.6) is 0 Å². The molecule has 3 heteroatoms. The van der Waals surface area contributed by atoms with E-state index in [-0.39, 0.29) is 6.10 Å². The van der Waals surface area contributed by atoms with E-state index < -0.39 is 0 Å². The fourth-order valence-corrected chi connectivity index (χ4v) is 3.49. The summed E-state index contributed by atoms with van der Waals surface area (Å²) < 4.78 is 0. The Morgan fingerprint density at radius 2 is 1.82 bits per heavy atom. The lowest BCUT2D eigenvalue weighted by molar-refractivity contribution is 0.0286. The average molecular weight is 173 g/mol. The van der Waals surface area contributed by atoms with E-state index in [0.717, 1.165) is 12.8 Å². The Kier molecular flexibility index (Phi) is 2.12. The molecule has 0 radical (unpaired) electrons. The number of hydrogen-bond acceptors (Lipinski definition) is 3. The average Bonchev–Trinajstić information content (AvgIpc) is 1.92. The molecular formula is C8H15NOS. The molecule has 0 amide bonds. The van der Waals surface area contributed by atoms with Gasteiger partial charge in [-0.25, -0.2) is 0 Å². The van der Waals surface area contributed by atoms with Crippen molar-refractivity contribution >= 4 is 11.8 Å². The number of hydrogen-bond donors (Lipinski definition) is 1. The van der Waals surface area contributed by atoms with E-state index in [4.69, 9.17) is 0 Å². The molecule has 2 aliphatic rings. The third-order valence-electron chi connectivity index (χ3n) is 2.86. The molecule has 2 nitrogen and oxygen atoms in total. The Morgan fingerprint density at radius 3 is 2.36 bits per heavy atom. The van der Waals surface area contributed by atoms with Gasteiger partial charge in [-0.1, -0.05) is 0 Å². The lowest BCUT2D eigenvalue weighted by atomic mass is 9.95. The molecule has 0 spiro atoms. The molecule has 11 heavy (non-hydrogen) atoms. The van der Waals surface area contributed by atoms with Gasteiger partial charge in [-0.05, 0) is 19.9 Å². The van der Waals surface area contributed by atoms with Gasteiger partial charge in [-0.2, -0.15) is 11.8 Å². The molecule has 2 bridgehead atoms. The molecule has 2 rings (SSSR count). The summed E-state index contributed by atoms with van der Waals surface area (Å²) in [6.45, 7) is 0. The zero-order chi connectivity index (χ0) is 7.84. The van der Waals surface area contributed by atoms with Crippen molar-refractivity contribution in [2.45, 2.75) is 31.0 Å². The van der Waals surface area contributed by atoms with Crippen molar-refractivity contribution in [2.24, 2.45) is 0 Å². The molecule has 0 aliphatic carbocycles. The van der Waals surface area contributed by atoms with Gasteiger partial charge in [0.05, 0.1) is 6.10 Å². The molecular weight excluding hydrogens is 158 g/mol. The van der Waals surface area contributed by atoms with Gasteiger partial charge in [0.15, 0.2) is 0 Å². The van der Waals surface area contributed by atoms with Crippen molar-refractivity contribution < 1.29 is 5.11 Å². The fourth-order valence-electron chi connectivity index (χ4n) is 2.07. The van der Waals surface area contributed by atoms with Crippen LogP contribution in [0.2, 0.25) is 0 Å². The van der Waals surface area contributed by atoms with E-state index in [1.807, 2.05) is 11.8 Å². The minimum atomic E-state index is -0.0258. The number of thioether (sulfide) groups is 1. The first kappa shape index (κ1) is 7.90. The number of piperidine rings is 1. The quantitative estimate of drug-likeness (QED) is 0.579. The first-order chi connectivity index (χ1) is 5.27. The second-order valence-electron chi connectivity index (χ2n) is 3.64. The zero-order valence-corrected chi connectivity index (χ0v) is 7.68. The third-order valence-corrected chi connectivity index (χ3v) is 4.10. The number of fused-ring (bicyclic) bond motifs is 2. The maximum atomic E-state index is 9.50. The predicted molar refractivity (Wildman–Crippen MR) is 47.9 cm³/mol. The second-order valence-corrected chi connectivity index (χ2v) is 4.71. The molecule has 0 aromatic rings. The van der Waals surface area contributed by atoms with Gasteiger partial charge in [0, 0.05) is 23.6 Å². The number of aliphatic hydroxyl groups is 1. The van der Waals surface area contributed by atoms with Crippen molar-refractivity contribution in [3.05, 3.63) is 0 Å². The van der Waals surface area contributed by atoms with Gasteiger partial charge in [0.25, 0.3) is 0 Å². The lowest BCUT2D eigenvalue weighted by Crippen LogP contribution is -2.53. The Hall–Kier alpha value is 0.270. The minimum Gasteiger partial charge on any atom is -0.393 e. The Bertz CT molecular complexity index is 139. The van der Waals surface area contributed by atoms with Gasteiger partial charge in [-0.15, -0.1) is 0 Å². The molecule has 0 aromatic carbocycles. The summed E-state index contributed by atoms with van der Waals surface area (Å²) in [6.07, 6.45) is 1.95. The van der Waals surface area contributed by atoms with E-state index in [0.29, 0.717) is 12.1 Å². The molecule has 2 atom stereocenters. The van der Waals surface area contributed by atoms with Crippen molar-refractivity contribution in [3.8, 4) is 0 Å². The zero-order valence-electron chi connectivity index (χ0n) is 6.86. The van der Waals surface area contributed by atoms with Gasteiger partial charge in [-0.3, -0.25) is 4.90 Å². The first-order valence-electron chi connectivity index (χ1n) is 4.25. The third kappa shape index (κ3) is 1.42. The highest BCUT2D eigenvalue weighted by Crippen LogP contribution is 2.31. The van der Waals surface area contributed by atoms with E-state index >= 15 is 0 Å². The first-order valence-corrected chi connectivity index (χ1v) is 5.40. The second kappa shape index (κ2) is 2.96. The predicted octanol–water partition coefficient (Wildman–Crippen LogP) is 0.557. The maximum absolute atomic E-state index is 9.50. The highest BCUT2D eigenvalue weighted by Gasteiger charge is 2.35. The van der Waals surface area contributed by atoms with Crippen molar-refractivity contribution in [2.75, 3.05) is 18.6 Å². The smallest absolute Gasteiger partial charge is 0.0570 e. The number of aliphatic hydroxyl groups excluding tert-OH is 1. The van der Waals surface area contributed by atoms with Gasteiger partial charge < -0.3 is 5.11 Å². The van der Waals surface area contributed by atoms with Crippen molar-refractivity contribution in [3.63, 3.8) is 0 Å². The van der Waals surface area contributed by atoms with Crippen LogP contribution in [0.3, 0.4) is 0 Å². The SMILES string of the molecule is CN1[C@@H]2CSC[C@@H]1CC(O)C2. The van der Waals surface area contributed by atoms with Crippen LogP contribution in [-0.4, -0.2) is 46.7 Å². The number of nitrogens with zero attached hydrogens (tertiary/aromatic N) is 1. The largest absolute Gasteiger partial charge is 0.393 e. The van der Waals surface area contributed by atoms with E-state index in [9.17, 15) is 5.11 Å². The highest BCUT2D eigenvalue weighted by molar-refractivity contribution is 7.99. The highest BCUT2D eigenvalue weighted by atomic mass is 32.2. The normalized spacial score (nSPS) is 45.8. The Morgan fingerprint density at radius 1 is 1.27 bits per heavy atom. The molecule has 2 fully saturated rings. The molecule has 2 saturated heterocycles.